The van der Waals surface area contributed by atoms with Crippen molar-refractivity contribution in [3.63, 3.8) is 0 Å². The average Bonchev–Trinajstić information content (AvgIpc) is 2.86. The zero-order valence-electron chi connectivity index (χ0n) is 12.8. The monoisotopic (exact) mass is 290 g/mol. The van der Waals surface area contributed by atoms with Crippen LogP contribution >= 0.6 is 0 Å². The molecule has 0 bridgehead atoms. The standard InChI is InChI=1S/C16H22N2O3/c1-4-18(16(2,3)14(19)20)15(21)17-13-9-8-11-6-5-7-12(11)10-13/h8-10H,4-7H2,1-3H3,(H,17,21)(H,19,20). The van der Waals surface area contributed by atoms with Gasteiger partial charge in [0, 0.05) is 12.2 Å². The number of rotatable bonds is 4. The Morgan fingerprint density at radius 2 is 1.95 bits per heavy atom. The average molecular weight is 290 g/mol. The minimum Gasteiger partial charge on any atom is -0.480 e. The molecule has 0 fully saturated rings. The summed E-state index contributed by atoms with van der Waals surface area (Å²) in [5.74, 6) is -1.02. The van der Waals surface area contributed by atoms with Crippen LogP contribution in [0.5, 0.6) is 0 Å². The molecule has 114 valence electrons. The summed E-state index contributed by atoms with van der Waals surface area (Å²) in [7, 11) is 0. The van der Waals surface area contributed by atoms with Gasteiger partial charge < -0.3 is 15.3 Å². The number of aryl methyl sites for hydroxylation is 2. The molecule has 5 nitrogen and oxygen atoms in total. The Kier molecular flexibility index (Phi) is 4.21. The maximum atomic E-state index is 12.3. The van der Waals surface area contributed by atoms with Gasteiger partial charge in [0.05, 0.1) is 0 Å². The Bertz CT molecular complexity index is 567. The molecule has 1 aliphatic rings. The third kappa shape index (κ3) is 3.01. The van der Waals surface area contributed by atoms with Crippen molar-refractivity contribution in [1.29, 1.82) is 0 Å². The molecule has 5 heteroatoms. The van der Waals surface area contributed by atoms with Crippen LogP contribution in [-0.2, 0) is 17.6 Å². The van der Waals surface area contributed by atoms with Crippen LogP contribution in [0.1, 0.15) is 38.3 Å². The Labute approximate surface area is 125 Å². The van der Waals surface area contributed by atoms with Crippen LogP contribution in [0.25, 0.3) is 0 Å². The lowest BCUT2D eigenvalue weighted by Crippen LogP contribution is -2.54. The fraction of sp³-hybridized carbons (Fsp3) is 0.500. The van der Waals surface area contributed by atoms with Crippen molar-refractivity contribution < 1.29 is 14.7 Å². The van der Waals surface area contributed by atoms with Gasteiger partial charge in [0.2, 0.25) is 0 Å². The van der Waals surface area contributed by atoms with Crippen molar-refractivity contribution in [3.8, 4) is 0 Å². The summed E-state index contributed by atoms with van der Waals surface area (Å²) in [4.78, 5) is 25.0. The van der Waals surface area contributed by atoms with Gasteiger partial charge in [0.15, 0.2) is 0 Å². The predicted molar refractivity (Wildman–Crippen MR) is 81.6 cm³/mol. The van der Waals surface area contributed by atoms with Crippen molar-refractivity contribution in [3.05, 3.63) is 29.3 Å². The van der Waals surface area contributed by atoms with E-state index in [1.807, 2.05) is 18.2 Å². The Hall–Kier alpha value is -2.04. The first kappa shape index (κ1) is 15.4. The first-order valence-electron chi connectivity index (χ1n) is 7.30. The molecule has 21 heavy (non-hydrogen) atoms. The van der Waals surface area contributed by atoms with Gasteiger partial charge in [-0.2, -0.15) is 0 Å². The van der Waals surface area contributed by atoms with E-state index in [9.17, 15) is 14.7 Å². The van der Waals surface area contributed by atoms with E-state index in [-0.39, 0.29) is 6.03 Å². The normalized spacial score (nSPS) is 13.7. The van der Waals surface area contributed by atoms with Gasteiger partial charge in [-0.05, 0) is 63.3 Å². The molecule has 0 unspecified atom stereocenters. The summed E-state index contributed by atoms with van der Waals surface area (Å²) in [5, 5.41) is 12.1. The van der Waals surface area contributed by atoms with Gasteiger partial charge in [-0.3, -0.25) is 0 Å². The van der Waals surface area contributed by atoms with Crippen LogP contribution in [0.3, 0.4) is 0 Å². The number of hydrogen-bond acceptors (Lipinski definition) is 2. The fourth-order valence-corrected chi connectivity index (χ4v) is 2.75. The lowest BCUT2D eigenvalue weighted by molar-refractivity contribution is -0.147. The molecule has 0 aromatic heterocycles. The van der Waals surface area contributed by atoms with E-state index in [2.05, 4.69) is 5.32 Å². The number of urea groups is 1. The number of anilines is 1. The molecule has 0 heterocycles. The number of carboxylic acids is 1. The van der Waals surface area contributed by atoms with Crippen LogP contribution in [0.4, 0.5) is 10.5 Å². The van der Waals surface area contributed by atoms with Crippen LogP contribution < -0.4 is 5.32 Å². The maximum absolute atomic E-state index is 12.3. The summed E-state index contributed by atoms with van der Waals surface area (Å²) >= 11 is 0. The minimum absolute atomic E-state index is 0.329. The van der Waals surface area contributed by atoms with Gasteiger partial charge in [-0.25, -0.2) is 9.59 Å². The highest BCUT2D eigenvalue weighted by molar-refractivity contribution is 5.93. The van der Waals surface area contributed by atoms with E-state index in [1.165, 1.54) is 29.9 Å². The second-order valence-corrected chi connectivity index (χ2v) is 5.88. The topological polar surface area (TPSA) is 69.6 Å². The van der Waals surface area contributed by atoms with Crippen molar-refractivity contribution >= 4 is 17.7 Å². The number of carboxylic acid groups (broad SMARTS) is 1. The second kappa shape index (κ2) is 5.76. The van der Waals surface area contributed by atoms with Crippen LogP contribution in [0.2, 0.25) is 0 Å². The number of benzene rings is 1. The minimum atomic E-state index is -1.24. The van der Waals surface area contributed by atoms with Gasteiger partial charge in [-0.1, -0.05) is 6.07 Å². The zero-order chi connectivity index (χ0) is 15.6. The van der Waals surface area contributed by atoms with Crippen molar-refractivity contribution in [2.45, 2.75) is 45.6 Å². The molecule has 1 aromatic rings. The second-order valence-electron chi connectivity index (χ2n) is 5.88. The highest BCUT2D eigenvalue weighted by Gasteiger charge is 2.37. The Balaban J connectivity index is 2.14. The van der Waals surface area contributed by atoms with Crippen molar-refractivity contribution in [1.82, 2.24) is 4.90 Å². The molecule has 0 aliphatic heterocycles. The predicted octanol–water partition coefficient (Wildman–Crippen LogP) is 2.89. The van der Waals surface area contributed by atoms with Gasteiger partial charge in [0.25, 0.3) is 0 Å². The first-order valence-corrected chi connectivity index (χ1v) is 7.30. The number of likely N-dealkylation sites (N-methyl/N-ethyl adjacent to an activating group) is 1. The van der Waals surface area contributed by atoms with E-state index in [1.54, 1.807) is 6.92 Å². The number of carbonyl (C=O) groups excluding carboxylic acids is 1. The molecule has 1 aromatic carbocycles. The Morgan fingerprint density at radius 3 is 2.57 bits per heavy atom. The summed E-state index contributed by atoms with van der Waals surface area (Å²) in [6.07, 6.45) is 3.29. The summed E-state index contributed by atoms with van der Waals surface area (Å²) in [6.45, 7) is 5.16. The maximum Gasteiger partial charge on any atom is 0.329 e. The lowest BCUT2D eigenvalue weighted by Gasteiger charge is -2.34. The van der Waals surface area contributed by atoms with E-state index >= 15 is 0 Å². The molecule has 0 spiro atoms. The van der Waals surface area contributed by atoms with Crippen LogP contribution in [-0.4, -0.2) is 34.1 Å². The number of carbonyl (C=O) groups is 2. The smallest absolute Gasteiger partial charge is 0.329 e. The molecule has 2 amide bonds. The van der Waals surface area contributed by atoms with Crippen molar-refractivity contribution in [2.75, 3.05) is 11.9 Å². The first-order chi connectivity index (χ1) is 9.86. The quantitative estimate of drug-likeness (QED) is 0.895. The third-order valence-corrected chi connectivity index (χ3v) is 4.11. The van der Waals surface area contributed by atoms with E-state index in [4.69, 9.17) is 0 Å². The third-order valence-electron chi connectivity index (χ3n) is 4.11. The van der Waals surface area contributed by atoms with E-state index < -0.39 is 11.5 Å². The fourth-order valence-electron chi connectivity index (χ4n) is 2.75. The number of aliphatic carboxylic acids is 1. The highest BCUT2D eigenvalue weighted by atomic mass is 16.4. The number of hydrogen-bond donors (Lipinski definition) is 2. The SMILES string of the molecule is CCN(C(=O)Nc1ccc2c(c1)CCC2)C(C)(C)C(=O)O. The molecule has 0 atom stereocenters. The summed E-state index contributed by atoms with van der Waals surface area (Å²) in [6, 6.07) is 5.52. The van der Waals surface area contributed by atoms with Crippen LogP contribution in [0, 0.1) is 0 Å². The molecule has 1 aliphatic carbocycles. The van der Waals surface area contributed by atoms with E-state index in [0.29, 0.717) is 6.54 Å². The number of nitrogens with zero attached hydrogens (tertiary/aromatic N) is 1. The number of fused-ring (bicyclic) bond motifs is 1. The number of amides is 2. The molecule has 0 radical (unpaired) electrons. The lowest BCUT2D eigenvalue weighted by atomic mass is 10.0. The number of nitrogens with one attached hydrogen (secondary N) is 1. The van der Waals surface area contributed by atoms with Crippen LogP contribution in [0.15, 0.2) is 18.2 Å². The van der Waals surface area contributed by atoms with Gasteiger partial charge in [-0.15, -0.1) is 0 Å². The van der Waals surface area contributed by atoms with Gasteiger partial charge in [0.1, 0.15) is 5.54 Å². The molecular formula is C16H22N2O3. The highest BCUT2D eigenvalue weighted by Crippen LogP contribution is 2.25. The molecule has 0 saturated heterocycles. The molecule has 2 rings (SSSR count). The summed E-state index contributed by atoms with van der Waals surface area (Å²) in [5.41, 5.74) is 2.09. The van der Waals surface area contributed by atoms with Gasteiger partial charge >= 0.3 is 12.0 Å². The molecule has 0 saturated carbocycles. The van der Waals surface area contributed by atoms with E-state index in [0.717, 1.165) is 24.9 Å². The Morgan fingerprint density at radius 1 is 1.29 bits per heavy atom. The molecule has 2 N–H and O–H groups in total. The molecular weight excluding hydrogens is 268 g/mol. The largest absolute Gasteiger partial charge is 0.480 e. The zero-order valence-corrected chi connectivity index (χ0v) is 12.8. The van der Waals surface area contributed by atoms with Crippen molar-refractivity contribution in [2.24, 2.45) is 0 Å². The summed E-state index contributed by atoms with van der Waals surface area (Å²) < 4.78 is 0.